The fourth-order valence-electron chi connectivity index (χ4n) is 5.00. The number of hydrogen-bond acceptors (Lipinski definition) is 5. The Kier molecular flexibility index (Phi) is 6.52. The van der Waals surface area contributed by atoms with Gasteiger partial charge < -0.3 is 14.7 Å². The molecule has 3 aliphatic rings. The number of nitrogens with zero attached hydrogens (tertiary/aromatic N) is 1. The number of carboxylic acid groups (broad SMARTS) is 1. The number of halogens is 1. The number of rotatable bonds is 6. The first-order valence-electron chi connectivity index (χ1n) is 10.8. The van der Waals surface area contributed by atoms with E-state index in [0.29, 0.717) is 55.4 Å². The van der Waals surface area contributed by atoms with Crippen molar-refractivity contribution >= 4 is 33.5 Å². The molecule has 0 amide bonds. The molecule has 0 atom stereocenters. The van der Waals surface area contributed by atoms with Crippen molar-refractivity contribution in [2.24, 2.45) is 0 Å². The molecule has 2 aliphatic carbocycles. The van der Waals surface area contributed by atoms with E-state index in [9.17, 15) is 19.5 Å². The number of carbonyl (C=O) groups excluding carboxylic acids is 2. The van der Waals surface area contributed by atoms with Crippen molar-refractivity contribution < 1.29 is 24.2 Å². The molecule has 0 aromatic heterocycles. The summed E-state index contributed by atoms with van der Waals surface area (Å²) in [5, 5.41) is 9.29. The molecule has 1 aromatic rings. The minimum Gasteiger partial charge on any atom is -0.481 e. The summed E-state index contributed by atoms with van der Waals surface area (Å²) < 4.78 is 6.62. The first-order valence-corrected chi connectivity index (χ1v) is 11.6. The van der Waals surface area contributed by atoms with Crippen LogP contribution in [0.2, 0.25) is 0 Å². The van der Waals surface area contributed by atoms with Gasteiger partial charge in [-0.15, -0.1) is 6.42 Å². The summed E-state index contributed by atoms with van der Waals surface area (Å²) in [4.78, 5) is 39.8. The molecule has 0 fully saturated rings. The number of terminal acetylenes is 1. The van der Waals surface area contributed by atoms with E-state index in [1.54, 1.807) is 6.07 Å². The van der Waals surface area contributed by atoms with Gasteiger partial charge in [-0.3, -0.25) is 14.4 Å². The summed E-state index contributed by atoms with van der Waals surface area (Å²) in [7, 11) is 0. The van der Waals surface area contributed by atoms with Crippen molar-refractivity contribution in [2.45, 2.75) is 50.9 Å². The van der Waals surface area contributed by atoms with Crippen LogP contribution in [0.5, 0.6) is 5.75 Å². The zero-order chi connectivity index (χ0) is 22.8. The topological polar surface area (TPSA) is 83.9 Å². The Bertz CT molecular complexity index is 1050. The van der Waals surface area contributed by atoms with Crippen LogP contribution in [0.4, 0.5) is 0 Å². The quantitative estimate of drug-likeness (QED) is 0.588. The SMILES string of the molecule is C#CCOc1ccc(Br)cc1C1C2=C(CCCC2=O)N(CCC(=O)O)C2=C1C(=O)CCC2. The lowest BCUT2D eigenvalue weighted by Crippen LogP contribution is -2.40. The van der Waals surface area contributed by atoms with Crippen LogP contribution in [-0.4, -0.2) is 40.7 Å². The fourth-order valence-corrected chi connectivity index (χ4v) is 5.38. The monoisotopic (exact) mass is 497 g/mol. The number of carboxylic acids is 1. The third-order valence-corrected chi connectivity index (χ3v) is 6.72. The minimum absolute atomic E-state index is 0.00405. The number of allylic oxidation sites excluding steroid dienone is 4. The Morgan fingerprint density at radius 3 is 2.31 bits per heavy atom. The molecular weight excluding hydrogens is 474 g/mol. The van der Waals surface area contributed by atoms with Gasteiger partial charge in [0.05, 0.1) is 6.42 Å². The van der Waals surface area contributed by atoms with Gasteiger partial charge in [-0.1, -0.05) is 21.9 Å². The van der Waals surface area contributed by atoms with Crippen LogP contribution < -0.4 is 4.74 Å². The van der Waals surface area contributed by atoms with Crippen LogP contribution in [0.25, 0.3) is 0 Å². The molecule has 1 aliphatic heterocycles. The number of benzene rings is 1. The maximum absolute atomic E-state index is 13.3. The highest BCUT2D eigenvalue weighted by Crippen LogP contribution is 2.51. The van der Waals surface area contributed by atoms with Gasteiger partial charge in [0.25, 0.3) is 0 Å². The Morgan fingerprint density at radius 2 is 1.75 bits per heavy atom. The Morgan fingerprint density at radius 1 is 1.12 bits per heavy atom. The number of carbonyl (C=O) groups is 3. The summed E-state index contributed by atoms with van der Waals surface area (Å²) in [5.41, 5.74) is 3.63. The smallest absolute Gasteiger partial charge is 0.305 e. The van der Waals surface area contributed by atoms with Crippen LogP contribution in [-0.2, 0) is 14.4 Å². The van der Waals surface area contributed by atoms with E-state index in [1.165, 1.54) is 0 Å². The van der Waals surface area contributed by atoms with Crippen molar-refractivity contribution in [1.82, 2.24) is 4.90 Å². The zero-order valence-electron chi connectivity index (χ0n) is 17.7. The average molecular weight is 498 g/mol. The van der Waals surface area contributed by atoms with Gasteiger partial charge in [0, 0.05) is 57.9 Å². The lowest BCUT2D eigenvalue weighted by Gasteiger charge is -2.44. The molecule has 0 saturated carbocycles. The predicted molar refractivity (Wildman–Crippen MR) is 122 cm³/mol. The van der Waals surface area contributed by atoms with E-state index in [4.69, 9.17) is 11.2 Å². The van der Waals surface area contributed by atoms with Crippen molar-refractivity contribution in [3.05, 3.63) is 50.8 Å². The van der Waals surface area contributed by atoms with Gasteiger partial charge in [-0.2, -0.15) is 0 Å². The van der Waals surface area contributed by atoms with Crippen molar-refractivity contribution in [2.75, 3.05) is 13.2 Å². The number of ketones is 2. The maximum Gasteiger partial charge on any atom is 0.305 e. The van der Waals surface area contributed by atoms with Crippen LogP contribution in [0.3, 0.4) is 0 Å². The van der Waals surface area contributed by atoms with Gasteiger partial charge in [0.2, 0.25) is 0 Å². The average Bonchev–Trinajstić information content (AvgIpc) is 2.76. The standard InChI is InChI=1S/C25H24BrNO5/c1-2-13-32-21-10-9-15(26)14-16(21)23-24-17(5-3-7-19(24)28)27(12-11-22(30)31)18-6-4-8-20(29)25(18)23/h1,9-10,14,23H,3-8,11-13H2,(H,30,31). The Hall–Kier alpha value is -2.85. The first-order chi connectivity index (χ1) is 15.4. The van der Waals surface area contributed by atoms with Gasteiger partial charge >= 0.3 is 5.97 Å². The molecule has 7 heteroatoms. The van der Waals surface area contributed by atoms with E-state index < -0.39 is 11.9 Å². The largest absolute Gasteiger partial charge is 0.481 e. The summed E-state index contributed by atoms with van der Waals surface area (Å²) in [6.45, 7) is 0.324. The van der Waals surface area contributed by atoms with Crippen LogP contribution in [0, 0.1) is 12.3 Å². The van der Waals surface area contributed by atoms with Gasteiger partial charge in [0.1, 0.15) is 12.4 Å². The molecule has 32 heavy (non-hydrogen) atoms. The molecule has 1 aromatic carbocycles. The van der Waals surface area contributed by atoms with Crippen LogP contribution in [0.15, 0.2) is 45.2 Å². The molecule has 0 spiro atoms. The summed E-state index contributed by atoms with van der Waals surface area (Å²) in [6.07, 6.45) is 8.94. The van der Waals surface area contributed by atoms with Crippen LogP contribution >= 0.6 is 15.9 Å². The van der Waals surface area contributed by atoms with Gasteiger partial charge in [0.15, 0.2) is 11.6 Å². The fraction of sp³-hybridized carbons (Fsp3) is 0.400. The Labute approximate surface area is 195 Å². The van der Waals surface area contributed by atoms with E-state index in [-0.39, 0.29) is 31.1 Å². The van der Waals surface area contributed by atoms with E-state index in [1.807, 2.05) is 17.0 Å². The summed E-state index contributed by atoms with van der Waals surface area (Å²) in [5.74, 6) is 1.58. The second kappa shape index (κ2) is 9.33. The third kappa shape index (κ3) is 4.12. The zero-order valence-corrected chi connectivity index (χ0v) is 19.2. The van der Waals surface area contributed by atoms with Crippen molar-refractivity contribution in [3.8, 4) is 18.1 Å². The predicted octanol–water partition coefficient (Wildman–Crippen LogP) is 4.35. The summed E-state index contributed by atoms with van der Waals surface area (Å²) >= 11 is 3.52. The second-order valence-electron chi connectivity index (χ2n) is 8.18. The van der Waals surface area contributed by atoms with Crippen molar-refractivity contribution in [1.29, 1.82) is 0 Å². The Balaban J connectivity index is 1.94. The number of aliphatic carboxylic acids is 1. The number of ether oxygens (including phenoxy) is 1. The highest BCUT2D eigenvalue weighted by molar-refractivity contribution is 9.10. The first kappa shape index (κ1) is 22.3. The lowest BCUT2D eigenvalue weighted by atomic mass is 9.70. The molecule has 1 heterocycles. The number of hydrogen-bond donors (Lipinski definition) is 1. The molecule has 6 nitrogen and oxygen atoms in total. The molecule has 0 bridgehead atoms. The molecule has 0 unspecified atom stereocenters. The second-order valence-corrected chi connectivity index (χ2v) is 9.09. The molecule has 1 N–H and O–H groups in total. The van der Waals surface area contributed by atoms with Gasteiger partial charge in [-0.25, -0.2) is 0 Å². The molecular formula is C25H24BrNO5. The van der Waals surface area contributed by atoms with E-state index >= 15 is 0 Å². The summed E-state index contributed by atoms with van der Waals surface area (Å²) in [6, 6.07) is 5.53. The molecule has 4 rings (SSSR count). The van der Waals surface area contributed by atoms with E-state index in [0.717, 1.165) is 21.4 Å². The van der Waals surface area contributed by atoms with Gasteiger partial charge in [-0.05, 0) is 43.9 Å². The molecule has 166 valence electrons. The maximum atomic E-state index is 13.3. The minimum atomic E-state index is -0.905. The highest BCUT2D eigenvalue weighted by Gasteiger charge is 2.44. The van der Waals surface area contributed by atoms with E-state index in [2.05, 4.69) is 21.9 Å². The molecule has 0 saturated heterocycles. The normalized spacial score (nSPS) is 18.9. The molecule has 0 radical (unpaired) electrons. The third-order valence-electron chi connectivity index (χ3n) is 6.23. The highest BCUT2D eigenvalue weighted by atomic mass is 79.9. The van der Waals surface area contributed by atoms with Crippen LogP contribution in [0.1, 0.15) is 56.4 Å². The lowest BCUT2D eigenvalue weighted by molar-refractivity contribution is -0.137. The van der Waals surface area contributed by atoms with Crippen molar-refractivity contribution in [3.63, 3.8) is 0 Å². The number of Topliss-reactive ketones (excluding diaryl/α,β-unsaturated/α-hetero) is 2.